The summed E-state index contributed by atoms with van der Waals surface area (Å²) in [5.41, 5.74) is 3.67. The van der Waals surface area contributed by atoms with Crippen LogP contribution in [0.3, 0.4) is 0 Å². The van der Waals surface area contributed by atoms with Gasteiger partial charge in [0.1, 0.15) is 11.9 Å². The van der Waals surface area contributed by atoms with E-state index in [9.17, 15) is 14.0 Å². The van der Waals surface area contributed by atoms with E-state index in [0.717, 1.165) is 24.0 Å². The molecule has 0 fully saturated rings. The smallest absolute Gasteiger partial charge is 0.243 e. The van der Waals surface area contributed by atoms with Gasteiger partial charge in [-0.25, -0.2) is 4.39 Å². The van der Waals surface area contributed by atoms with Gasteiger partial charge < -0.3 is 10.2 Å². The van der Waals surface area contributed by atoms with Crippen LogP contribution in [0.2, 0.25) is 0 Å². The minimum absolute atomic E-state index is 0.0369. The van der Waals surface area contributed by atoms with E-state index < -0.39 is 6.04 Å². The van der Waals surface area contributed by atoms with Gasteiger partial charge in [-0.2, -0.15) is 0 Å². The van der Waals surface area contributed by atoms with Gasteiger partial charge in [-0.15, -0.1) is 11.8 Å². The average Bonchev–Trinajstić information content (AvgIpc) is 2.88. The summed E-state index contributed by atoms with van der Waals surface area (Å²) in [6, 6.07) is 23.5. The second-order valence-electron chi connectivity index (χ2n) is 8.95. The number of thioether (sulfide) groups is 1. The quantitative estimate of drug-likeness (QED) is 0.293. The second-order valence-corrected chi connectivity index (χ2v) is 9.93. The van der Waals surface area contributed by atoms with Gasteiger partial charge in [-0.1, -0.05) is 91.7 Å². The minimum atomic E-state index is -0.740. The Balaban J connectivity index is 1.84. The normalized spacial score (nSPS) is 11.6. The molecule has 2 amide bonds. The number of benzene rings is 3. The van der Waals surface area contributed by atoms with E-state index in [-0.39, 0.29) is 29.9 Å². The molecular weight excluding hydrogens is 471 g/mol. The van der Waals surface area contributed by atoms with Crippen molar-refractivity contribution in [3.8, 4) is 0 Å². The number of aryl methyl sites for hydroxylation is 1. The summed E-state index contributed by atoms with van der Waals surface area (Å²) >= 11 is 1.51. The summed E-state index contributed by atoms with van der Waals surface area (Å²) in [5, 5.41) is 2.99. The monoisotopic (exact) mass is 506 g/mol. The molecule has 3 rings (SSSR count). The molecule has 36 heavy (non-hydrogen) atoms. The largest absolute Gasteiger partial charge is 0.354 e. The summed E-state index contributed by atoms with van der Waals surface area (Å²) in [6.07, 6.45) is 2.18. The molecule has 0 heterocycles. The molecule has 0 bridgehead atoms. The maximum absolute atomic E-state index is 14.6. The predicted molar refractivity (Wildman–Crippen MR) is 146 cm³/mol. The standard InChI is InChI=1S/C30H35FN2O2S/c1-3-4-17-32-30(35)28(19-24-12-6-5-7-13-24)33(20-26-15-8-9-16-27(26)31)29(34)22-36-21-25-14-10-11-23(2)18-25/h5-16,18,28H,3-4,17,19-22H2,1-2H3,(H,32,35)/t28-/m0/s1. The Labute approximate surface area is 218 Å². The lowest BCUT2D eigenvalue weighted by Crippen LogP contribution is -2.51. The molecule has 0 aliphatic rings. The van der Waals surface area contributed by atoms with E-state index in [1.165, 1.54) is 23.4 Å². The lowest BCUT2D eigenvalue weighted by atomic mass is 10.0. The molecule has 0 aliphatic carbocycles. The van der Waals surface area contributed by atoms with Crippen molar-refractivity contribution in [3.05, 3.63) is 107 Å². The van der Waals surface area contributed by atoms with Crippen LogP contribution in [-0.4, -0.2) is 35.1 Å². The third-order valence-corrected chi connectivity index (χ3v) is 6.96. The SMILES string of the molecule is CCCCNC(=O)[C@H](Cc1ccccc1)N(Cc1ccccc1F)C(=O)CSCc1cccc(C)c1. The number of carbonyl (C=O) groups excluding carboxylic acids is 2. The molecule has 0 unspecified atom stereocenters. The van der Waals surface area contributed by atoms with Gasteiger partial charge in [-0.3, -0.25) is 9.59 Å². The number of halogens is 1. The Hall–Kier alpha value is -3.12. The van der Waals surface area contributed by atoms with E-state index in [2.05, 4.69) is 18.3 Å². The molecular formula is C30H35FN2O2S. The van der Waals surface area contributed by atoms with Crippen LogP contribution in [0.15, 0.2) is 78.9 Å². The lowest BCUT2D eigenvalue weighted by Gasteiger charge is -2.31. The predicted octanol–water partition coefficient (Wildman–Crippen LogP) is 5.92. The summed E-state index contributed by atoms with van der Waals surface area (Å²) in [4.78, 5) is 28.5. The topological polar surface area (TPSA) is 49.4 Å². The van der Waals surface area contributed by atoms with Crippen LogP contribution in [0.5, 0.6) is 0 Å². The van der Waals surface area contributed by atoms with Crippen molar-refractivity contribution in [2.75, 3.05) is 12.3 Å². The van der Waals surface area contributed by atoms with Gasteiger partial charge in [0.15, 0.2) is 0 Å². The van der Waals surface area contributed by atoms with Crippen molar-refractivity contribution in [1.82, 2.24) is 10.2 Å². The summed E-state index contributed by atoms with van der Waals surface area (Å²) < 4.78 is 14.6. The number of hydrogen-bond acceptors (Lipinski definition) is 3. The molecule has 6 heteroatoms. The maximum atomic E-state index is 14.6. The van der Waals surface area contributed by atoms with Crippen LogP contribution in [0.25, 0.3) is 0 Å². The van der Waals surface area contributed by atoms with Crippen molar-refractivity contribution < 1.29 is 14.0 Å². The first kappa shape index (κ1) is 27.5. The number of nitrogens with zero attached hydrogens (tertiary/aromatic N) is 1. The highest BCUT2D eigenvalue weighted by atomic mass is 32.2. The van der Waals surface area contributed by atoms with Gasteiger partial charge in [0.2, 0.25) is 11.8 Å². The Kier molecular flexibility index (Phi) is 11.0. The lowest BCUT2D eigenvalue weighted by molar-refractivity contribution is -0.139. The zero-order valence-electron chi connectivity index (χ0n) is 21.1. The highest BCUT2D eigenvalue weighted by Gasteiger charge is 2.30. The molecule has 1 N–H and O–H groups in total. The fourth-order valence-electron chi connectivity index (χ4n) is 4.01. The Bertz CT molecular complexity index is 1120. The molecule has 4 nitrogen and oxygen atoms in total. The maximum Gasteiger partial charge on any atom is 0.243 e. The highest BCUT2D eigenvalue weighted by Crippen LogP contribution is 2.20. The number of carbonyl (C=O) groups is 2. The minimum Gasteiger partial charge on any atom is -0.354 e. The van der Waals surface area contributed by atoms with E-state index >= 15 is 0 Å². The van der Waals surface area contributed by atoms with Gasteiger partial charge in [0, 0.05) is 30.8 Å². The Morgan fingerprint density at radius 2 is 1.69 bits per heavy atom. The average molecular weight is 507 g/mol. The first-order valence-electron chi connectivity index (χ1n) is 12.5. The molecule has 1 atom stereocenters. The van der Waals surface area contributed by atoms with E-state index in [0.29, 0.717) is 24.3 Å². The molecule has 190 valence electrons. The van der Waals surface area contributed by atoms with Crippen LogP contribution >= 0.6 is 11.8 Å². The molecule has 0 radical (unpaired) electrons. The van der Waals surface area contributed by atoms with E-state index in [4.69, 9.17) is 0 Å². The number of nitrogens with one attached hydrogen (secondary N) is 1. The third-order valence-electron chi connectivity index (χ3n) is 5.98. The Morgan fingerprint density at radius 1 is 0.972 bits per heavy atom. The molecule has 3 aromatic carbocycles. The molecule has 0 saturated carbocycles. The summed E-state index contributed by atoms with van der Waals surface area (Å²) in [5.74, 6) is 0.124. The van der Waals surface area contributed by atoms with Gasteiger partial charge in [0.05, 0.1) is 5.75 Å². The first-order valence-corrected chi connectivity index (χ1v) is 13.6. The summed E-state index contributed by atoms with van der Waals surface area (Å²) in [6.45, 7) is 4.69. The van der Waals surface area contributed by atoms with E-state index in [1.807, 2.05) is 55.5 Å². The zero-order valence-corrected chi connectivity index (χ0v) is 21.9. The molecule has 0 aromatic heterocycles. The Morgan fingerprint density at radius 3 is 2.42 bits per heavy atom. The first-order chi connectivity index (χ1) is 17.5. The van der Waals surface area contributed by atoms with Crippen molar-refractivity contribution in [1.29, 1.82) is 0 Å². The van der Waals surface area contributed by atoms with Gasteiger partial charge >= 0.3 is 0 Å². The van der Waals surface area contributed by atoms with Gasteiger partial charge in [0.25, 0.3) is 0 Å². The van der Waals surface area contributed by atoms with Crippen molar-refractivity contribution >= 4 is 23.6 Å². The van der Waals surface area contributed by atoms with Crippen LogP contribution in [0.1, 0.15) is 42.0 Å². The van der Waals surface area contributed by atoms with Crippen LogP contribution < -0.4 is 5.32 Å². The highest BCUT2D eigenvalue weighted by molar-refractivity contribution is 7.99. The van der Waals surface area contributed by atoms with Crippen molar-refractivity contribution in [3.63, 3.8) is 0 Å². The fraction of sp³-hybridized carbons (Fsp3) is 0.333. The number of rotatable bonds is 13. The summed E-state index contributed by atoms with van der Waals surface area (Å²) in [7, 11) is 0. The number of hydrogen-bond donors (Lipinski definition) is 1. The van der Waals surface area contributed by atoms with Crippen molar-refractivity contribution in [2.24, 2.45) is 0 Å². The second kappa shape index (κ2) is 14.4. The van der Waals surface area contributed by atoms with Crippen LogP contribution in [0, 0.1) is 12.7 Å². The van der Waals surface area contributed by atoms with Crippen LogP contribution in [-0.2, 0) is 28.3 Å². The number of unbranched alkanes of at least 4 members (excludes halogenated alkanes) is 1. The van der Waals surface area contributed by atoms with Crippen LogP contribution in [0.4, 0.5) is 4.39 Å². The third kappa shape index (κ3) is 8.52. The molecule has 0 saturated heterocycles. The van der Waals surface area contributed by atoms with E-state index in [1.54, 1.807) is 23.1 Å². The zero-order chi connectivity index (χ0) is 25.8. The fourth-order valence-corrected chi connectivity index (χ4v) is 4.87. The molecule has 0 aliphatic heterocycles. The van der Waals surface area contributed by atoms with Gasteiger partial charge in [-0.05, 0) is 30.5 Å². The number of amides is 2. The molecule has 3 aromatic rings. The van der Waals surface area contributed by atoms with Crippen molar-refractivity contribution in [2.45, 2.75) is 51.4 Å². The molecule has 0 spiro atoms.